The van der Waals surface area contributed by atoms with E-state index in [2.05, 4.69) is 10.2 Å². The van der Waals surface area contributed by atoms with Gasteiger partial charge in [-0.1, -0.05) is 33.8 Å². The second-order valence-corrected chi connectivity index (χ2v) is 6.68. The molecule has 0 radical (unpaired) electrons. The number of nitrogens with two attached hydrogens (primary N) is 1. The van der Waals surface area contributed by atoms with E-state index in [1.165, 1.54) is 12.1 Å². The number of carbonyl (C=O) groups excluding carboxylic acids is 1. The average molecular weight is 428 g/mol. The summed E-state index contributed by atoms with van der Waals surface area (Å²) < 4.78 is 24.1. The third-order valence-corrected chi connectivity index (χ3v) is 4.61. The molecule has 1 fully saturated rings. The van der Waals surface area contributed by atoms with Crippen LogP contribution in [0.1, 0.15) is 46.1 Å². The lowest BCUT2D eigenvalue weighted by molar-refractivity contribution is -0.122. The van der Waals surface area contributed by atoms with Crippen molar-refractivity contribution < 1.29 is 18.7 Å². The first-order valence-electron chi connectivity index (χ1n) is 11.2. The third-order valence-electron chi connectivity index (χ3n) is 4.61. The molecular formula is C23H42FN3O3. The molecule has 0 spiro atoms. The van der Waals surface area contributed by atoms with Crippen LogP contribution in [0.3, 0.4) is 0 Å². The van der Waals surface area contributed by atoms with E-state index in [-0.39, 0.29) is 11.7 Å². The maximum absolute atomic E-state index is 13.1. The summed E-state index contributed by atoms with van der Waals surface area (Å²) in [6.07, 6.45) is 2.13. The number of rotatable bonds is 10. The molecule has 0 bridgehead atoms. The third kappa shape index (κ3) is 12.1. The van der Waals surface area contributed by atoms with Crippen molar-refractivity contribution in [2.45, 2.75) is 47.5 Å². The maximum atomic E-state index is 13.1. The lowest BCUT2D eigenvalue weighted by Crippen LogP contribution is -2.43. The predicted molar refractivity (Wildman–Crippen MR) is 121 cm³/mol. The van der Waals surface area contributed by atoms with Crippen LogP contribution in [0.4, 0.5) is 4.39 Å². The molecule has 1 aliphatic rings. The van der Waals surface area contributed by atoms with Gasteiger partial charge in [-0.05, 0) is 56.9 Å². The number of hydrogen-bond donors (Lipinski definition) is 2. The molecule has 3 N–H and O–H groups in total. The van der Waals surface area contributed by atoms with Gasteiger partial charge in [0, 0.05) is 12.6 Å². The Morgan fingerprint density at radius 3 is 2.47 bits per heavy atom. The second-order valence-electron chi connectivity index (χ2n) is 6.68. The van der Waals surface area contributed by atoms with Gasteiger partial charge in [0.2, 0.25) is 5.91 Å². The highest BCUT2D eigenvalue weighted by Gasteiger charge is 2.19. The van der Waals surface area contributed by atoms with Crippen LogP contribution < -0.4 is 15.8 Å². The quantitative estimate of drug-likeness (QED) is 0.560. The molecule has 0 aliphatic carbocycles. The summed E-state index contributed by atoms with van der Waals surface area (Å²) in [5.41, 5.74) is 6.56. The van der Waals surface area contributed by atoms with Gasteiger partial charge in [-0.3, -0.25) is 9.69 Å². The second kappa shape index (κ2) is 18.1. The minimum Gasteiger partial charge on any atom is -0.491 e. The highest BCUT2D eigenvalue weighted by Crippen LogP contribution is 2.18. The molecule has 1 aliphatic heterocycles. The number of hydrogen-bond acceptors (Lipinski definition) is 5. The molecule has 1 heterocycles. The summed E-state index contributed by atoms with van der Waals surface area (Å²) >= 11 is 0. The van der Waals surface area contributed by atoms with Crippen LogP contribution in [0.25, 0.3) is 0 Å². The smallest absolute Gasteiger partial charge is 0.234 e. The van der Waals surface area contributed by atoms with Crippen LogP contribution in [0.15, 0.2) is 18.2 Å². The highest BCUT2D eigenvalue weighted by atomic mass is 19.1. The summed E-state index contributed by atoms with van der Waals surface area (Å²) in [5.74, 6) is 0.828. The fourth-order valence-electron chi connectivity index (χ4n) is 2.94. The van der Waals surface area contributed by atoms with E-state index >= 15 is 0 Å². The first-order valence-corrected chi connectivity index (χ1v) is 11.2. The van der Waals surface area contributed by atoms with E-state index in [4.69, 9.17) is 15.2 Å². The zero-order valence-corrected chi connectivity index (χ0v) is 19.5. The number of carbonyl (C=O) groups is 1. The SMILES string of the molecule is CC.CC.Cc1ccc(F)cc1OCCOCCNC(=O)CN1CCC(CN)CC1. The van der Waals surface area contributed by atoms with Gasteiger partial charge in [-0.2, -0.15) is 0 Å². The zero-order valence-electron chi connectivity index (χ0n) is 19.5. The molecule has 1 saturated heterocycles. The van der Waals surface area contributed by atoms with E-state index in [1.807, 2.05) is 34.6 Å². The van der Waals surface area contributed by atoms with Crippen molar-refractivity contribution in [3.8, 4) is 5.75 Å². The summed E-state index contributed by atoms with van der Waals surface area (Å²) in [6.45, 7) is 14.5. The standard InChI is InChI=1S/C19H30FN3O3.2C2H6/c1-15-2-3-17(20)12-18(15)26-11-10-25-9-6-22-19(24)14-23-7-4-16(13-21)5-8-23;2*1-2/h2-3,12,16H,4-11,13-14,21H2,1H3,(H,22,24);2*1-2H3. The van der Waals surface area contributed by atoms with Gasteiger partial charge >= 0.3 is 0 Å². The Morgan fingerprint density at radius 2 is 1.83 bits per heavy atom. The van der Waals surface area contributed by atoms with Gasteiger partial charge in [0.05, 0.1) is 19.8 Å². The first kappa shape index (κ1) is 28.3. The number of aryl methyl sites for hydroxylation is 1. The largest absolute Gasteiger partial charge is 0.491 e. The molecule has 6 nitrogen and oxygen atoms in total. The molecule has 174 valence electrons. The minimum atomic E-state index is -0.318. The fraction of sp³-hybridized carbons (Fsp3) is 0.696. The minimum absolute atomic E-state index is 0.0198. The van der Waals surface area contributed by atoms with Gasteiger partial charge in [0.25, 0.3) is 0 Å². The topological polar surface area (TPSA) is 76.8 Å². The van der Waals surface area contributed by atoms with Crippen LogP contribution in [0.5, 0.6) is 5.75 Å². The van der Waals surface area contributed by atoms with E-state index < -0.39 is 0 Å². The summed E-state index contributed by atoms with van der Waals surface area (Å²) in [7, 11) is 0. The van der Waals surface area contributed by atoms with Crippen molar-refractivity contribution >= 4 is 5.91 Å². The van der Waals surface area contributed by atoms with Crippen molar-refractivity contribution in [2.75, 3.05) is 52.5 Å². The number of halogens is 1. The van der Waals surface area contributed by atoms with Crippen LogP contribution in [-0.4, -0.2) is 63.4 Å². The fourth-order valence-corrected chi connectivity index (χ4v) is 2.94. The van der Waals surface area contributed by atoms with Crippen LogP contribution >= 0.6 is 0 Å². The van der Waals surface area contributed by atoms with E-state index in [0.717, 1.165) is 38.0 Å². The number of amides is 1. The molecule has 7 heteroatoms. The summed E-state index contributed by atoms with van der Waals surface area (Å²) in [4.78, 5) is 14.1. The monoisotopic (exact) mass is 427 g/mol. The molecule has 1 amide bonds. The number of nitrogens with zero attached hydrogens (tertiary/aromatic N) is 1. The Bertz CT molecular complexity index is 565. The van der Waals surface area contributed by atoms with Crippen molar-refractivity contribution in [1.82, 2.24) is 10.2 Å². The number of ether oxygens (including phenoxy) is 2. The van der Waals surface area contributed by atoms with Crippen molar-refractivity contribution in [1.29, 1.82) is 0 Å². The van der Waals surface area contributed by atoms with E-state index in [1.54, 1.807) is 6.07 Å². The van der Waals surface area contributed by atoms with Crippen molar-refractivity contribution in [3.63, 3.8) is 0 Å². The zero-order chi connectivity index (χ0) is 22.8. The van der Waals surface area contributed by atoms with Crippen molar-refractivity contribution in [2.24, 2.45) is 11.7 Å². The Labute approximate surface area is 182 Å². The number of nitrogens with one attached hydrogen (secondary N) is 1. The lowest BCUT2D eigenvalue weighted by Gasteiger charge is -2.30. The molecule has 0 saturated carbocycles. The maximum Gasteiger partial charge on any atom is 0.234 e. The molecule has 1 aromatic rings. The lowest BCUT2D eigenvalue weighted by atomic mass is 9.97. The van der Waals surface area contributed by atoms with Crippen LogP contribution in [0.2, 0.25) is 0 Å². The molecule has 0 atom stereocenters. The average Bonchev–Trinajstić information content (AvgIpc) is 2.78. The Kier molecular flexibility index (Phi) is 17.1. The number of benzene rings is 1. The molecule has 2 rings (SSSR count). The van der Waals surface area contributed by atoms with Gasteiger partial charge in [0.1, 0.15) is 18.2 Å². The summed E-state index contributed by atoms with van der Waals surface area (Å²) in [6, 6.07) is 4.45. The Hall–Kier alpha value is -1.70. The van der Waals surface area contributed by atoms with Gasteiger partial charge < -0.3 is 20.5 Å². The Balaban J connectivity index is 0.00000198. The molecule has 1 aromatic carbocycles. The Morgan fingerprint density at radius 1 is 1.17 bits per heavy atom. The number of likely N-dealkylation sites (tertiary alicyclic amines) is 1. The van der Waals surface area contributed by atoms with Gasteiger partial charge in [-0.25, -0.2) is 4.39 Å². The summed E-state index contributed by atoms with van der Waals surface area (Å²) in [5, 5.41) is 2.86. The van der Waals surface area contributed by atoms with Crippen molar-refractivity contribution in [3.05, 3.63) is 29.6 Å². The molecule has 0 unspecified atom stereocenters. The number of piperidine rings is 1. The van der Waals surface area contributed by atoms with Gasteiger partial charge in [-0.15, -0.1) is 0 Å². The normalized spacial score (nSPS) is 14.1. The van der Waals surface area contributed by atoms with E-state index in [9.17, 15) is 9.18 Å². The highest BCUT2D eigenvalue weighted by molar-refractivity contribution is 5.77. The molecular weight excluding hydrogens is 385 g/mol. The van der Waals surface area contributed by atoms with Gasteiger partial charge in [0.15, 0.2) is 0 Å². The predicted octanol–water partition coefficient (Wildman–Crippen LogP) is 3.37. The first-order chi connectivity index (χ1) is 14.6. The van der Waals surface area contributed by atoms with Crippen LogP contribution in [-0.2, 0) is 9.53 Å². The van der Waals surface area contributed by atoms with E-state index in [0.29, 0.717) is 44.6 Å². The molecule has 30 heavy (non-hydrogen) atoms. The molecule has 0 aromatic heterocycles. The van der Waals surface area contributed by atoms with Crippen LogP contribution in [0, 0.1) is 18.7 Å².